The Morgan fingerprint density at radius 2 is 1.95 bits per heavy atom. The van der Waals surface area contributed by atoms with E-state index >= 15 is 0 Å². The highest BCUT2D eigenvalue weighted by molar-refractivity contribution is 6.35. The first-order chi connectivity index (χ1) is 10.6. The molecule has 1 aromatic rings. The number of hydrogen-bond acceptors (Lipinski definition) is 3. The third-order valence-electron chi connectivity index (χ3n) is 2.75. The third kappa shape index (κ3) is 8.32. The molecule has 0 radical (unpaired) electrons. The Labute approximate surface area is 141 Å². The highest BCUT2D eigenvalue weighted by Crippen LogP contribution is 2.27. The van der Waals surface area contributed by atoms with Crippen LogP contribution < -0.4 is 15.4 Å². The Kier molecular flexibility index (Phi) is 9.79. The van der Waals surface area contributed by atoms with Gasteiger partial charge in [-0.2, -0.15) is 0 Å². The molecule has 5 nitrogen and oxygen atoms in total. The molecule has 0 spiro atoms. The molecular weight excluding hydrogens is 327 g/mol. The third-order valence-corrected chi connectivity index (χ3v) is 3.28. The van der Waals surface area contributed by atoms with Crippen molar-refractivity contribution in [1.82, 2.24) is 10.6 Å². The lowest BCUT2D eigenvalue weighted by molar-refractivity contribution is 0.129. The molecule has 0 aromatic heterocycles. The van der Waals surface area contributed by atoms with Crippen molar-refractivity contribution in [2.24, 2.45) is 0 Å². The topological polar surface area (TPSA) is 59.6 Å². The number of nitrogens with one attached hydrogen (secondary N) is 2. The van der Waals surface area contributed by atoms with Crippen molar-refractivity contribution in [3.8, 4) is 5.75 Å². The van der Waals surface area contributed by atoms with Gasteiger partial charge in [0.05, 0.1) is 5.02 Å². The van der Waals surface area contributed by atoms with Crippen LogP contribution in [0.5, 0.6) is 5.75 Å². The molecule has 1 rings (SSSR count). The van der Waals surface area contributed by atoms with Crippen molar-refractivity contribution < 1.29 is 14.3 Å². The number of ether oxygens (including phenoxy) is 2. The van der Waals surface area contributed by atoms with Crippen molar-refractivity contribution >= 4 is 29.2 Å². The molecule has 2 N–H and O–H groups in total. The predicted molar refractivity (Wildman–Crippen MR) is 88.8 cm³/mol. The number of amides is 2. The maximum Gasteiger partial charge on any atom is 0.317 e. The molecule has 1 aromatic carbocycles. The number of urea groups is 1. The summed E-state index contributed by atoms with van der Waals surface area (Å²) in [5, 5.41) is 6.23. The van der Waals surface area contributed by atoms with Crippen LogP contribution in [0.2, 0.25) is 10.0 Å². The Balaban J connectivity index is 2.06. The lowest BCUT2D eigenvalue weighted by atomic mass is 10.3. The van der Waals surface area contributed by atoms with Crippen molar-refractivity contribution in [1.29, 1.82) is 0 Å². The quantitative estimate of drug-likeness (QED) is 0.498. The molecule has 0 saturated carbocycles. The Morgan fingerprint density at radius 3 is 2.68 bits per heavy atom. The number of unbranched alkanes of at least 4 members (excludes halogenated alkanes) is 1. The SMILES string of the molecule is CCCCOCCCNC(=O)NCOc1ccc(Cl)cc1Cl. The van der Waals surface area contributed by atoms with Gasteiger partial charge in [0, 0.05) is 24.8 Å². The summed E-state index contributed by atoms with van der Waals surface area (Å²) in [4.78, 5) is 11.5. The van der Waals surface area contributed by atoms with Gasteiger partial charge in [-0.25, -0.2) is 4.79 Å². The summed E-state index contributed by atoms with van der Waals surface area (Å²) in [6.45, 7) is 4.13. The van der Waals surface area contributed by atoms with E-state index < -0.39 is 0 Å². The molecule has 0 unspecified atom stereocenters. The molecule has 2 amide bonds. The van der Waals surface area contributed by atoms with Crippen LogP contribution in [0.3, 0.4) is 0 Å². The molecule has 0 bridgehead atoms. The van der Waals surface area contributed by atoms with Crippen LogP contribution in [-0.2, 0) is 4.74 Å². The van der Waals surface area contributed by atoms with Crippen molar-refractivity contribution in [3.63, 3.8) is 0 Å². The summed E-state index contributed by atoms with van der Waals surface area (Å²) < 4.78 is 10.7. The second-order valence-electron chi connectivity index (χ2n) is 4.62. The van der Waals surface area contributed by atoms with Gasteiger partial charge >= 0.3 is 6.03 Å². The van der Waals surface area contributed by atoms with Crippen molar-refractivity contribution in [2.75, 3.05) is 26.5 Å². The molecule has 0 saturated heterocycles. The number of carbonyl (C=O) groups is 1. The zero-order valence-electron chi connectivity index (χ0n) is 12.7. The number of hydrogen-bond donors (Lipinski definition) is 2. The molecule has 124 valence electrons. The maximum absolute atomic E-state index is 11.5. The van der Waals surface area contributed by atoms with Crippen LogP contribution in [0.4, 0.5) is 4.79 Å². The van der Waals surface area contributed by atoms with E-state index in [1.54, 1.807) is 18.2 Å². The van der Waals surface area contributed by atoms with Crippen LogP contribution in [0.25, 0.3) is 0 Å². The summed E-state index contributed by atoms with van der Waals surface area (Å²) in [6.07, 6.45) is 2.97. The van der Waals surface area contributed by atoms with E-state index in [9.17, 15) is 4.79 Å². The summed E-state index contributed by atoms with van der Waals surface area (Å²) >= 11 is 11.7. The highest BCUT2D eigenvalue weighted by atomic mass is 35.5. The smallest absolute Gasteiger partial charge is 0.317 e. The fourth-order valence-electron chi connectivity index (χ4n) is 1.56. The summed E-state index contributed by atoms with van der Waals surface area (Å²) in [6, 6.07) is 4.61. The first-order valence-corrected chi connectivity index (χ1v) is 8.06. The van der Waals surface area contributed by atoms with Gasteiger partial charge in [-0.15, -0.1) is 0 Å². The standard InChI is InChI=1S/C15H22Cl2N2O3/c1-2-3-8-21-9-4-7-18-15(20)19-11-22-14-6-5-12(16)10-13(14)17/h5-6,10H,2-4,7-9,11H2,1H3,(H2,18,19,20). The summed E-state index contributed by atoms with van der Waals surface area (Å²) in [7, 11) is 0. The number of halogens is 2. The molecule has 0 fully saturated rings. The minimum Gasteiger partial charge on any atom is -0.472 e. The van der Waals surface area contributed by atoms with E-state index in [2.05, 4.69) is 17.6 Å². The van der Waals surface area contributed by atoms with Gasteiger partial charge in [-0.05, 0) is 31.0 Å². The number of carbonyl (C=O) groups excluding carboxylic acids is 1. The molecule has 0 aliphatic carbocycles. The largest absolute Gasteiger partial charge is 0.472 e. The summed E-state index contributed by atoms with van der Waals surface area (Å²) in [5.74, 6) is 0.468. The molecule has 22 heavy (non-hydrogen) atoms. The van der Waals surface area contributed by atoms with Crippen LogP contribution in [0, 0.1) is 0 Å². The van der Waals surface area contributed by atoms with Gasteiger partial charge in [-0.3, -0.25) is 0 Å². The lowest BCUT2D eigenvalue weighted by Crippen LogP contribution is -2.38. The van der Waals surface area contributed by atoms with Crippen molar-refractivity contribution in [2.45, 2.75) is 26.2 Å². The lowest BCUT2D eigenvalue weighted by Gasteiger charge is -2.10. The minimum absolute atomic E-state index is 0.0280. The normalized spacial score (nSPS) is 10.3. The van der Waals surface area contributed by atoms with Gasteiger partial charge in [0.15, 0.2) is 6.73 Å². The zero-order chi connectivity index (χ0) is 16.2. The van der Waals surface area contributed by atoms with Crippen LogP contribution in [-0.4, -0.2) is 32.5 Å². The van der Waals surface area contributed by atoms with E-state index in [1.165, 1.54) is 0 Å². The minimum atomic E-state index is -0.293. The van der Waals surface area contributed by atoms with Gasteiger partial charge in [0.2, 0.25) is 0 Å². The molecule has 0 aliphatic rings. The second kappa shape index (κ2) is 11.4. The van der Waals surface area contributed by atoms with Gasteiger partial charge < -0.3 is 20.1 Å². The fourth-order valence-corrected chi connectivity index (χ4v) is 2.02. The average molecular weight is 349 g/mol. The van der Waals surface area contributed by atoms with E-state index in [0.29, 0.717) is 28.9 Å². The predicted octanol–water partition coefficient (Wildman–Crippen LogP) is 3.84. The number of benzene rings is 1. The molecule has 0 atom stereocenters. The zero-order valence-corrected chi connectivity index (χ0v) is 14.2. The monoisotopic (exact) mass is 348 g/mol. The summed E-state index contributed by atoms with van der Waals surface area (Å²) in [5.41, 5.74) is 0. The molecular formula is C15H22Cl2N2O3. The van der Waals surface area contributed by atoms with Crippen LogP contribution >= 0.6 is 23.2 Å². The van der Waals surface area contributed by atoms with Crippen LogP contribution in [0.1, 0.15) is 26.2 Å². The Morgan fingerprint density at radius 1 is 1.18 bits per heavy atom. The van der Waals surface area contributed by atoms with E-state index in [1.807, 2.05) is 0 Å². The highest BCUT2D eigenvalue weighted by Gasteiger charge is 2.03. The van der Waals surface area contributed by atoms with Gasteiger partial charge in [0.1, 0.15) is 5.75 Å². The maximum atomic E-state index is 11.5. The first-order valence-electron chi connectivity index (χ1n) is 7.30. The van der Waals surface area contributed by atoms with E-state index in [0.717, 1.165) is 25.9 Å². The van der Waals surface area contributed by atoms with Gasteiger partial charge in [-0.1, -0.05) is 36.5 Å². The first kappa shape index (κ1) is 18.9. The Bertz CT molecular complexity index is 458. The van der Waals surface area contributed by atoms with Crippen LogP contribution in [0.15, 0.2) is 18.2 Å². The fraction of sp³-hybridized carbons (Fsp3) is 0.533. The average Bonchev–Trinajstić information content (AvgIpc) is 2.48. The van der Waals surface area contributed by atoms with Gasteiger partial charge in [0.25, 0.3) is 0 Å². The number of rotatable bonds is 10. The van der Waals surface area contributed by atoms with Crippen molar-refractivity contribution in [3.05, 3.63) is 28.2 Å². The van der Waals surface area contributed by atoms with E-state index in [-0.39, 0.29) is 12.8 Å². The molecule has 0 aliphatic heterocycles. The second-order valence-corrected chi connectivity index (χ2v) is 5.46. The Hall–Kier alpha value is -1.17. The molecule has 7 heteroatoms. The molecule has 0 heterocycles. The van der Waals surface area contributed by atoms with E-state index in [4.69, 9.17) is 32.7 Å².